The maximum Gasteiger partial charge on any atom is 0.159 e. The first-order valence-electron chi connectivity index (χ1n) is 9.12. The van der Waals surface area contributed by atoms with E-state index in [1.807, 2.05) is 12.3 Å². The Morgan fingerprint density at radius 3 is 2.61 bits per heavy atom. The second-order valence-electron chi connectivity index (χ2n) is 7.11. The summed E-state index contributed by atoms with van der Waals surface area (Å²) in [5, 5.41) is 7.06. The lowest BCUT2D eigenvalue weighted by Gasteiger charge is -2.25. The predicted molar refractivity (Wildman–Crippen MR) is 92.4 cm³/mol. The van der Waals surface area contributed by atoms with Gasteiger partial charge in [-0.15, -0.1) is 0 Å². The van der Waals surface area contributed by atoms with Gasteiger partial charge in [-0.1, -0.05) is 0 Å². The van der Waals surface area contributed by atoms with Gasteiger partial charge in [0.2, 0.25) is 0 Å². The van der Waals surface area contributed by atoms with Crippen LogP contribution in [0.5, 0.6) is 0 Å². The van der Waals surface area contributed by atoms with E-state index in [9.17, 15) is 0 Å². The normalized spacial score (nSPS) is 25.7. The Labute approximate surface area is 137 Å². The lowest BCUT2D eigenvalue weighted by atomic mass is 9.95. The minimum atomic E-state index is 0.700. The number of hydrogen-bond acceptors (Lipinski definition) is 4. The fourth-order valence-electron chi connectivity index (χ4n) is 4.05. The highest BCUT2D eigenvalue weighted by Crippen LogP contribution is 2.23. The molecular weight excluding hydrogens is 286 g/mol. The molecule has 2 atom stereocenters. The molecule has 2 saturated heterocycles. The smallest absolute Gasteiger partial charge is 0.159 e. The summed E-state index contributed by atoms with van der Waals surface area (Å²) >= 11 is 0. The molecule has 0 aliphatic carbocycles. The van der Waals surface area contributed by atoms with E-state index in [-0.39, 0.29) is 0 Å². The molecule has 0 radical (unpaired) electrons. The molecule has 4 heterocycles. The molecule has 2 aliphatic heterocycles. The lowest BCUT2D eigenvalue weighted by Crippen LogP contribution is -2.33. The van der Waals surface area contributed by atoms with Gasteiger partial charge >= 0.3 is 0 Å². The number of hydrogen-bond donors (Lipinski definition) is 2. The predicted octanol–water partition coefficient (Wildman–Crippen LogP) is 1.97. The van der Waals surface area contributed by atoms with Gasteiger partial charge in [0, 0.05) is 19.2 Å². The third kappa shape index (κ3) is 3.40. The van der Waals surface area contributed by atoms with Gasteiger partial charge in [-0.3, -0.25) is 0 Å². The first-order chi connectivity index (χ1) is 11.4. The van der Waals surface area contributed by atoms with Crippen molar-refractivity contribution < 1.29 is 0 Å². The van der Waals surface area contributed by atoms with Gasteiger partial charge in [0.15, 0.2) is 5.65 Å². The minimum Gasteiger partial charge on any atom is -0.316 e. The van der Waals surface area contributed by atoms with Gasteiger partial charge < -0.3 is 15.2 Å². The van der Waals surface area contributed by atoms with Crippen LogP contribution in [-0.2, 0) is 13.0 Å². The number of fused-ring (bicyclic) bond motifs is 1. The van der Waals surface area contributed by atoms with Gasteiger partial charge in [-0.05, 0) is 75.8 Å². The largest absolute Gasteiger partial charge is 0.316 e. The Balaban J connectivity index is 1.60. The summed E-state index contributed by atoms with van der Waals surface area (Å²) in [6, 6.07) is 4.09. The second kappa shape index (κ2) is 6.97. The van der Waals surface area contributed by atoms with Crippen molar-refractivity contribution in [1.29, 1.82) is 0 Å². The van der Waals surface area contributed by atoms with E-state index in [0.29, 0.717) is 11.8 Å². The van der Waals surface area contributed by atoms with Crippen molar-refractivity contribution in [3.8, 4) is 0 Å². The molecule has 0 saturated carbocycles. The van der Waals surface area contributed by atoms with Crippen LogP contribution in [0.2, 0.25) is 0 Å². The number of nitrogens with one attached hydrogen (secondary N) is 2. The highest BCUT2D eigenvalue weighted by Gasteiger charge is 2.21. The van der Waals surface area contributed by atoms with Crippen molar-refractivity contribution in [2.75, 3.05) is 26.2 Å². The maximum atomic E-state index is 4.92. The van der Waals surface area contributed by atoms with Gasteiger partial charge in [0.1, 0.15) is 11.3 Å². The summed E-state index contributed by atoms with van der Waals surface area (Å²) in [5.74, 6) is 2.65. The van der Waals surface area contributed by atoms with Crippen LogP contribution in [0.25, 0.3) is 11.2 Å². The van der Waals surface area contributed by atoms with Gasteiger partial charge in [0.05, 0.1) is 0 Å². The number of rotatable bonds is 4. The second-order valence-corrected chi connectivity index (χ2v) is 7.11. The van der Waals surface area contributed by atoms with Crippen molar-refractivity contribution in [3.63, 3.8) is 0 Å². The zero-order valence-corrected chi connectivity index (χ0v) is 13.8. The standard InChI is InChI=1S/C18H27N5/c1-4-14(11-19-7-1)10-17-22-16-6-3-9-21-18(16)23(17)13-15-5-2-8-20-12-15/h3,6,9,14-15,19-20H,1-2,4-5,7-8,10-13H2. The van der Waals surface area contributed by atoms with E-state index in [1.165, 1.54) is 44.6 Å². The number of piperidine rings is 2. The zero-order valence-electron chi connectivity index (χ0n) is 13.8. The van der Waals surface area contributed by atoms with E-state index in [1.54, 1.807) is 0 Å². The highest BCUT2D eigenvalue weighted by molar-refractivity contribution is 5.71. The molecule has 4 rings (SSSR count). The Morgan fingerprint density at radius 2 is 1.87 bits per heavy atom. The molecule has 0 spiro atoms. The molecule has 2 unspecified atom stereocenters. The van der Waals surface area contributed by atoms with Crippen LogP contribution in [0.4, 0.5) is 0 Å². The summed E-state index contributed by atoms with van der Waals surface area (Å²) in [5.41, 5.74) is 2.12. The van der Waals surface area contributed by atoms with Gasteiger partial charge in [-0.2, -0.15) is 0 Å². The summed E-state index contributed by atoms with van der Waals surface area (Å²) < 4.78 is 2.40. The fourth-order valence-corrected chi connectivity index (χ4v) is 4.05. The van der Waals surface area contributed by atoms with Crippen molar-refractivity contribution >= 4 is 11.2 Å². The van der Waals surface area contributed by atoms with E-state index in [2.05, 4.69) is 26.3 Å². The summed E-state index contributed by atoms with van der Waals surface area (Å²) in [6.07, 6.45) is 8.16. The SMILES string of the molecule is c1cnc2c(c1)nc(CC1CCCNC1)n2CC1CCCNC1. The zero-order chi connectivity index (χ0) is 15.5. The first kappa shape index (κ1) is 15.1. The topological polar surface area (TPSA) is 54.8 Å². The quantitative estimate of drug-likeness (QED) is 0.906. The third-order valence-electron chi connectivity index (χ3n) is 5.29. The molecule has 2 aliphatic rings. The van der Waals surface area contributed by atoms with E-state index >= 15 is 0 Å². The Hall–Kier alpha value is -1.46. The van der Waals surface area contributed by atoms with Crippen LogP contribution in [-0.4, -0.2) is 40.7 Å². The molecule has 23 heavy (non-hydrogen) atoms. The molecule has 2 aromatic rings. The molecule has 2 N–H and O–H groups in total. The fraction of sp³-hybridized carbons (Fsp3) is 0.667. The summed E-state index contributed by atoms with van der Waals surface area (Å²) in [4.78, 5) is 9.55. The van der Waals surface area contributed by atoms with Crippen molar-refractivity contribution in [3.05, 3.63) is 24.2 Å². The van der Waals surface area contributed by atoms with Gasteiger partial charge in [-0.25, -0.2) is 9.97 Å². The number of nitrogens with zero attached hydrogens (tertiary/aromatic N) is 3. The maximum absolute atomic E-state index is 4.92. The van der Waals surface area contributed by atoms with Crippen LogP contribution in [0, 0.1) is 11.8 Å². The van der Waals surface area contributed by atoms with Crippen LogP contribution >= 0.6 is 0 Å². The Bertz CT molecular complexity index is 638. The molecule has 5 heteroatoms. The monoisotopic (exact) mass is 313 g/mol. The number of pyridine rings is 1. The van der Waals surface area contributed by atoms with E-state index < -0.39 is 0 Å². The molecule has 5 nitrogen and oxygen atoms in total. The average Bonchev–Trinajstić information content (AvgIpc) is 2.94. The minimum absolute atomic E-state index is 0.700. The molecule has 0 bridgehead atoms. The van der Waals surface area contributed by atoms with Gasteiger partial charge in [0.25, 0.3) is 0 Å². The van der Waals surface area contributed by atoms with Crippen LogP contribution in [0.1, 0.15) is 31.5 Å². The van der Waals surface area contributed by atoms with E-state index in [0.717, 1.165) is 37.2 Å². The summed E-state index contributed by atoms with van der Waals surface area (Å²) in [6.45, 7) is 5.64. The van der Waals surface area contributed by atoms with Crippen LogP contribution < -0.4 is 10.6 Å². The molecular formula is C18H27N5. The molecule has 0 amide bonds. The van der Waals surface area contributed by atoms with Crippen LogP contribution in [0.3, 0.4) is 0 Å². The summed E-state index contributed by atoms with van der Waals surface area (Å²) in [7, 11) is 0. The van der Waals surface area contributed by atoms with Crippen molar-refractivity contribution in [2.24, 2.45) is 11.8 Å². The number of imidazole rings is 1. The highest BCUT2D eigenvalue weighted by atomic mass is 15.1. The van der Waals surface area contributed by atoms with Crippen molar-refractivity contribution in [2.45, 2.75) is 38.6 Å². The Morgan fingerprint density at radius 1 is 1.09 bits per heavy atom. The molecule has 124 valence electrons. The lowest BCUT2D eigenvalue weighted by molar-refractivity contribution is 0.327. The third-order valence-corrected chi connectivity index (χ3v) is 5.29. The van der Waals surface area contributed by atoms with Crippen LogP contribution in [0.15, 0.2) is 18.3 Å². The molecule has 2 fully saturated rings. The first-order valence-corrected chi connectivity index (χ1v) is 9.12. The molecule has 0 aromatic carbocycles. The Kier molecular flexibility index (Phi) is 4.57. The average molecular weight is 313 g/mol. The molecule has 2 aromatic heterocycles. The van der Waals surface area contributed by atoms with E-state index in [4.69, 9.17) is 4.98 Å². The van der Waals surface area contributed by atoms with Crippen molar-refractivity contribution in [1.82, 2.24) is 25.2 Å². The number of aromatic nitrogens is 3.